The van der Waals surface area contributed by atoms with E-state index in [1.165, 1.54) is 17.4 Å². The van der Waals surface area contributed by atoms with Gasteiger partial charge in [0.1, 0.15) is 11.3 Å². The highest BCUT2D eigenvalue weighted by molar-refractivity contribution is 7.22. The summed E-state index contributed by atoms with van der Waals surface area (Å²) in [5, 5.41) is 4.28. The molecule has 0 atom stereocenters. The number of ether oxygens (including phenoxy) is 1. The lowest BCUT2D eigenvalue weighted by Gasteiger charge is -2.11. The van der Waals surface area contributed by atoms with Crippen molar-refractivity contribution in [1.82, 2.24) is 4.98 Å². The largest absolute Gasteiger partial charge is 0.491 e. The van der Waals surface area contributed by atoms with Crippen LogP contribution in [0, 0.1) is 0 Å². The van der Waals surface area contributed by atoms with Gasteiger partial charge in [-0.3, -0.25) is 10.1 Å². The third kappa shape index (κ3) is 3.72. The van der Waals surface area contributed by atoms with Crippen LogP contribution in [0.15, 0.2) is 51.7 Å². The predicted molar refractivity (Wildman–Crippen MR) is 111 cm³/mol. The molecule has 1 N–H and O–H groups in total. The summed E-state index contributed by atoms with van der Waals surface area (Å²) >= 11 is 7.30. The number of fused-ring (bicyclic) bond motifs is 2. The number of hydrogen-bond acceptors (Lipinski definition) is 6. The molecule has 0 radical (unpaired) electrons. The predicted octanol–water partition coefficient (Wildman–Crippen LogP) is 5.10. The second-order valence-electron chi connectivity index (χ2n) is 6.39. The third-order valence-electron chi connectivity index (χ3n) is 3.90. The van der Waals surface area contributed by atoms with Crippen LogP contribution in [0.25, 0.3) is 21.2 Å². The molecule has 142 valence electrons. The number of hydrogen-bond donors (Lipinski definition) is 1. The highest BCUT2D eigenvalue weighted by Gasteiger charge is 2.16. The first-order valence-electron chi connectivity index (χ1n) is 8.51. The Labute approximate surface area is 168 Å². The zero-order valence-corrected chi connectivity index (χ0v) is 16.6. The summed E-state index contributed by atoms with van der Waals surface area (Å²) < 4.78 is 11.7. The number of aromatic nitrogens is 1. The van der Waals surface area contributed by atoms with Crippen molar-refractivity contribution in [2.75, 3.05) is 5.32 Å². The molecule has 0 bridgehead atoms. The number of carbonyl (C=O) groups excluding carboxylic acids is 1. The van der Waals surface area contributed by atoms with Gasteiger partial charge in [0, 0.05) is 22.5 Å². The smallest absolute Gasteiger partial charge is 0.337 e. The summed E-state index contributed by atoms with van der Waals surface area (Å²) in [7, 11) is 0. The van der Waals surface area contributed by atoms with Crippen LogP contribution in [0.4, 0.5) is 5.13 Å². The second-order valence-corrected chi connectivity index (χ2v) is 7.86. The number of halogens is 1. The van der Waals surface area contributed by atoms with Crippen LogP contribution in [0.1, 0.15) is 24.2 Å². The minimum absolute atomic E-state index is 0.0248. The maximum absolute atomic E-state index is 12.8. The minimum atomic E-state index is -0.615. The molecule has 0 fully saturated rings. The number of anilines is 1. The average molecular weight is 415 g/mol. The molecule has 0 spiro atoms. The fraction of sp³-hybridized carbons (Fsp3) is 0.150. The van der Waals surface area contributed by atoms with Gasteiger partial charge in [0.15, 0.2) is 5.13 Å². The molecule has 0 saturated carbocycles. The van der Waals surface area contributed by atoms with E-state index in [1.807, 2.05) is 13.8 Å². The van der Waals surface area contributed by atoms with E-state index in [1.54, 1.807) is 36.4 Å². The maximum atomic E-state index is 12.8. The topological polar surface area (TPSA) is 81.4 Å². The van der Waals surface area contributed by atoms with Gasteiger partial charge >= 0.3 is 5.63 Å². The molecule has 4 rings (SSSR count). The summed E-state index contributed by atoms with van der Waals surface area (Å²) in [5.41, 5.74) is 0.611. The molecule has 0 aliphatic heterocycles. The molecular weight excluding hydrogens is 400 g/mol. The van der Waals surface area contributed by atoms with E-state index in [0.717, 1.165) is 10.2 Å². The lowest BCUT2D eigenvalue weighted by Crippen LogP contribution is -2.15. The summed E-state index contributed by atoms with van der Waals surface area (Å²) in [6.45, 7) is 3.80. The quantitative estimate of drug-likeness (QED) is 0.470. The van der Waals surface area contributed by atoms with Gasteiger partial charge in [-0.15, -0.1) is 0 Å². The van der Waals surface area contributed by atoms with Crippen LogP contribution >= 0.6 is 22.9 Å². The summed E-state index contributed by atoms with van der Waals surface area (Å²) in [6.07, 6.45) is -0.0248. The Kier molecular flexibility index (Phi) is 4.78. The number of thiazole rings is 1. The fourth-order valence-electron chi connectivity index (χ4n) is 2.79. The first kappa shape index (κ1) is 18.5. The average Bonchev–Trinajstić information content (AvgIpc) is 3.01. The van der Waals surface area contributed by atoms with Gasteiger partial charge in [-0.2, -0.15) is 0 Å². The van der Waals surface area contributed by atoms with Crippen LogP contribution in [0.3, 0.4) is 0 Å². The summed E-state index contributed by atoms with van der Waals surface area (Å²) in [4.78, 5) is 29.1. The summed E-state index contributed by atoms with van der Waals surface area (Å²) in [5.74, 6) is 0.117. The van der Waals surface area contributed by atoms with Crippen molar-refractivity contribution in [3.63, 3.8) is 0 Å². The monoisotopic (exact) mass is 414 g/mol. The first-order chi connectivity index (χ1) is 13.4. The molecule has 8 heteroatoms. The lowest BCUT2D eigenvalue weighted by molar-refractivity contribution is 0.102. The van der Waals surface area contributed by atoms with Crippen LogP contribution in [0.5, 0.6) is 5.75 Å². The number of amides is 1. The van der Waals surface area contributed by atoms with Crippen molar-refractivity contribution in [1.29, 1.82) is 0 Å². The number of carbonyl (C=O) groups is 1. The second kappa shape index (κ2) is 7.26. The Balaban J connectivity index is 1.70. The number of nitrogens with zero attached hydrogens (tertiary/aromatic N) is 1. The highest BCUT2D eigenvalue weighted by Crippen LogP contribution is 2.29. The van der Waals surface area contributed by atoms with E-state index in [9.17, 15) is 9.59 Å². The molecule has 6 nitrogen and oxygen atoms in total. The van der Waals surface area contributed by atoms with Gasteiger partial charge < -0.3 is 9.15 Å². The van der Waals surface area contributed by atoms with Crippen molar-refractivity contribution >= 4 is 55.2 Å². The van der Waals surface area contributed by atoms with Crippen LogP contribution in [-0.2, 0) is 0 Å². The molecule has 2 aromatic carbocycles. The zero-order chi connectivity index (χ0) is 19.8. The van der Waals surface area contributed by atoms with Gasteiger partial charge in [0.2, 0.25) is 0 Å². The zero-order valence-electron chi connectivity index (χ0n) is 15.0. The highest BCUT2D eigenvalue weighted by atomic mass is 35.5. The Morgan fingerprint density at radius 2 is 2.04 bits per heavy atom. The standard InChI is InChI=1S/C20H15ClN2O4S/c1-10(2)26-12-4-5-13-14(9-18(24)27-16(13)8-12)19(25)23-20-22-15-6-3-11(21)7-17(15)28-20/h3-10H,1-2H3,(H,22,23,25). The molecule has 0 unspecified atom stereocenters. The minimum Gasteiger partial charge on any atom is -0.491 e. The van der Waals surface area contributed by atoms with Gasteiger partial charge in [0.05, 0.1) is 21.9 Å². The SMILES string of the molecule is CC(C)Oc1ccc2c(C(=O)Nc3nc4ccc(Cl)cc4s3)cc(=O)oc2c1. The van der Waals surface area contributed by atoms with E-state index in [4.69, 9.17) is 20.8 Å². The van der Waals surface area contributed by atoms with Gasteiger partial charge in [-0.25, -0.2) is 9.78 Å². The normalized spacial score (nSPS) is 11.3. The van der Waals surface area contributed by atoms with Crippen molar-refractivity contribution in [3.05, 3.63) is 63.5 Å². The summed E-state index contributed by atoms with van der Waals surface area (Å²) in [6, 6.07) is 11.5. The molecule has 28 heavy (non-hydrogen) atoms. The third-order valence-corrected chi connectivity index (χ3v) is 5.07. The maximum Gasteiger partial charge on any atom is 0.337 e. The number of benzene rings is 2. The molecule has 1 amide bonds. The van der Waals surface area contributed by atoms with Crippen molar-refractivity contribution in [2.45, 2.75) is 20.0 Å². The molecule has 4 aromatic rings. The van der Waals surface area contributed by atoms with Crippen molar-refractivity contribution in [2.24, 2.45) is 0 Å². The Hall–Kier alpha value is -2.90. The van der Waals surface area contributed by atoms with Crippen LogP contribution < -0.4 is 15.7 Å². The van der Waals surface area contributed by atoms with E-state index in [0.29, 0.717) is 21.3 Å². The first-order valence-corrected chi connectivity index (χ1v) is 9.70. The van der Waals surface area contributed by atoms with Crippen molar-refractivity contribution < 1.29 is 13.9 Å². The van der Waals surface area contributed by atoms with Crippen molar-refractivity contribution in [3.8, 4) is 5.75 Å². The van der Waals surface area contributed by atoms with E-state index in [2.05, 4.69) is 10.3 Å². The Bertz CT molecular complexity index is 1260. The van der Waals surface area contributed by atoms with E-state index >= 15 is 0 Å². The van der Waals surface area contributed by atoms with E-state index in [-0.39, 0.29) is 17.3 Å². The van der Waals surface area contributed by atoms with Gasteiger partial charge in [-0.05, 0) is 44.2 Å². The Morgan fingerprint density at radius 3 is 2.82 bits per heavy atom. The van der Waals surface area contributed by atoms with Gasteiger partial charge in [-0.1, -0.05) is 22.9 Å². The van der Waals surface area contributed by atoms with Gasteiger partial charge in [0.25, 0.3) is 5.91 Å². The lowest BCUT2D eigenvalue weighted by atomic mass is 10.1. The molecule has 0 aliphatic rings. The molecule has 2 heterocycles. The number of rotatable bonds is 4. The van der Waals surface area contributed by atoms with Crippen LogP contribution in [0.2, 0.25) is 5.02 Å². The van der Waals surface area contributed by atoms with E-state index < -0.39 is 11.5 Å². The van der Waals surface area contributed by atoms with Crippen LogP contribution in [-0.4, -0.2) is 17.0 Å². The molecule has 0 aliphatic carbocycles. The number of nitrogens with one attached hydrogen (secondary N) is 1. The Morgan fingerprint density at radius 1 is 1.21 bits per heavy atom. The molecule has 2 aromatic heterocycles. The molecule has 0 saturated heterocycles. The fourth-order valence-corrected chi connectivity index (χ4v) is 3.93. The molecular formula is C20H15ClN2O4S.